The van der Waals surface area contributed by atoms with E-state index in [1.165, 1.54) is 6.42 Å². The maximum Gasteiger partial charge on any atom is 0.251 e. The molecule has 0 aromatic heterocycles. The van der Waals surface area contributed by atoms with E-state index < -0.39 is 6.04 Å². The molecule has 138 valence electrons. The molecule has 1 aliphatic rings. The lowest BCUT2D eigenvalue weighted by Crippen LogP contribution is -2.52. The molecule has 0 aliphatic heterocycles. The zero-order valence-corrected chi connectivity index (χ0v) is 15.7. The molecule has 2 amide bonds. The second kappa shape index (κ2) is 8.88. The summed E-state index contributed by atoms with van der Waals surface area (Å²) in [5.74, 6) is 1.03. The SMILES string of the molecule is COc1ccc(C(=O)NC(C(=O)NC2CCCC(C)C2)C(C)C)cc1. The first kappa shape index (κ1) is 19.3. The summed E-state index contributed by atoms with van der Waals surface area (Å²) in [5, 5.41) is 6.01. The third kappa shape index (κ3) is 5.48. The molecule has 0 spiro atoms. The molecule has 0 saturated heterocycles. The van der Waals surface area contributed by atoms with Crippen LogP contribution in [0.4, 0.5) is 0 Å². The van der Waals surface area contributed by atoms with E-state index in [0.29, 0.717) is 17.2 Å². The van der Waals surface area contributed by atoms with Crippen molar-refractivity contribution in [2.45, 2.75) is 58.5 Å². The van der Waals surface area contributed by atoms with Gasteiger partial charge in [-0.2, -0.15) is 0 Å². The van der Waals surface area contributed by atoms with E-state index in [1.807, 2.05) is 13.8 Å². The average Bonchev–Trinajstić information content (AvgIpc) is 2.59. The Kier molecular flexibility index (Phi) is 6.85. The monoisotopic (exact) mass is 346 g/mol. The summed E-state index contributed by atoms with van der Waals surface area (Å²) in [6.07, 6.45) is 4.42. The van der Waals surface area contributed by atoms with Crippen molar-refractivity contribution in [3.63, 3.8) is 0 Å². The van der Waals surface area contributed by atoms with Gasteiger partial charge in [0.1, 0.15) is 11.8 Å². The number of amides is 2. The molecule has 3 unspecified atom stereocenters. The van der Waals surface area contributed by atoms with Crippen LogP contribution in [0.2, 0.25) is 0 Å². The number of nitrogens with one attached hydrogen (secondary N) is 2. The van der Waals surface area contributed by atoms with Gasteiger partial charge in [-0.05, 0) is 48.9 Å². The van der Waals surface area contributed by atoms with Crippen molar-refractivity contribution in [2.75, 3.05) is 7.11 Å². The number of carbonyl (C=O) groups excluding carboxylic acids is 2. The van der Waals surface area contributed by atoms with Crippen LogP contribution in [0.5, 0.6) is 5.75 Å². The molecule has 2 N–H and O–H groups in total. The van der Waals surface area contributed by atoms with Crippen LogP contribution in [0.25, 0.3) is 0 Å². The maximum atomic E-state index is 12.7. The Morgan fingerprint density at radius 1 is 1.16 bits per heavy atom. The van der Waals surface area contributed by atoms with Gasteiger partial charge in [0.05, 0.1) is 7.11 Å². The van der Waals surface area contributed by atoms with E-state index >= 15 is 0 Å². The first-order valence-corrected chi connectivity index (χ1v) is 9.16. The summed E-state index contributed by atoms with van der Waals surface area (Å²) in [7, 11) is 1.58. The molecule has 1 aromatic rings. The van der Waals surface area contributed by atoms with Crippen LogP contribution in [0.15, 0.2) is 24.3 Å². The smallest absolute Gasteiger partial charge is 0.251 e. The quantitative estimate of drug-likeness (QED) is 0.831. The standard InChI is InChI=1S/C20H30N2O3/c1-13(2)18(20(24)21-16-7-5-6-14(3)12-16)22-19(23)15-8-10-17(25-4)11-9-15/h8-11,13-14,16,18H,5-7,12H2,1-4H3,(H,21,24)(H,22,23). The van der Waals surface area contributed by atoms with Crippen molar-refractivity contribution in [3.8, 4) is 5.75 Å². The van der Waals surface area contributed by atoms with Crippen LogP contribution in [-0.4, -0.2) is 31.0 Å². The summed E-state index contributed by atoms with van der Waals surface area (Å²) in [6, 6.07) is 6.56. The van der Waals surface area contributed by atoms with Gasteiger partial charge in [-0.15, -0.1) is 0 Å². The first-order chi connectivity index (χ1) is 11.9. The lowest BCUT2D eigenvalue weighted by Gasteiger charge is -2.30. The zero-order chi connectivity index (χ0) is 18.4. The van der Waals surface area contributed by atoms with E-state index in [0.717, 1.165) is 19.3 Å². The molecule has 5 heteroatoms. The molecule has 1 saturated carbocycles. The number of rotatable bonds is 6. The van der Waals surface area contributed by atoms with Crippen LogP contribution in [-0.2, 0) is 4.79 Å². The van der Waals surface area contributed by atoms with Crippen LogP contribution in [0, 0.1) is 11.8 Å². The summed E-state index contributed by atoms with van der Waals surface area (Å²) in [6.45, 7) is 6.12. The summed E-state index contributed by atoms with van der Waals surface area (Å²) in [4.78, 5) is 25.2. The van der Waals surface area contributed by atoms with Gasteiger partial charge in [0.25, 0.3) is 5.91 Å². The van der Waals surface area contributed by atoms with Gasteiger partial charge in [-0.25, -0.2) is 0 Å². The molecule has 2 rings (SSSR count). The molecule has 0 heterocycles. The van der Waals surface area contributed by atoms with E-state index in [1.54, 1.807) is 31.4 Å². The minimum atomic E-state index is -0.535. The molecule has 0 radical (unpaired) electrons. The van der Waals surface area contributed by atoms with Gasteiger partial charge in [-0.1, -0.05) is 33.6 Å². The van der Waals surface area contributed by atoms with Gasteiger partial charge in [0.2, 0.25) is 5.91 Å². The number of ether oxygens (including phenoxy) is 1. The third-order valence-electron chi connectivity index (χ3n) is 4.87. The number of hydrogen-bond acceptors (Lipinski definition) is 3. The predicted molar refractivity (Wildman–Crippen MR) is 98.6 cm³/mol. The molecule has 5 nitrogen and oxygen atoms in total. The molecule has 3 atom stereocenters. The highest BCUT2D eigenvalue weighted by Gasteiger charge is 2.28. The largest absolute Gasteiger partial charge is 0.497 e. The molecular formula is C20H30N2O3. The van der Waals surface area contributed by atoms with Crippen molar-refractivity contribution in [2.24, 2.45) is 11.8 Å². The second-order valence-electron chi connectivity index (χ2n) is 7.40. The van der Waals surface area contributed by atoms with Crippen molar-refractivity contribution >= 4 is 11.8 Å². The second-order valence-corrected chi connectivity index (χ2v) is 7.40. The molecular weight excluding hydrogens is 316 g/mol. The third-order valence-corrected chi connectivity index (χ3v) is 4.87. The number of carbonyl (C=O) groups is 2. The van der Waals surface area contributed by atoms with E-state index in [9.17, 15) is 9.59 Å². The maximum absolute atomic E-state index is 12.7. The molecule has 25 heavy (non-hydrogen) atoms. The normalized spacial score (nSPS) is 21.5. The number of benzene rings is 1. The Morgan fingerprint density at radius 2 is 1.84 bits per heavy atom. The first-order valence-electron chi connectivity index (χ1n) is 9.16. The zero-order valence-electron chi connectivity index (χ0n) is 15.7. The van der Waals surface area contributed by atoms with Gasteiger partial charge in [0.15, 0.2) is 0 Å². The van der Waals surface area contributed by atoms with E-state index in [-0.39, 0.29) is 23.8 Å². The fraction of sp³-hybridized carbons (Fsp3) is 0.600. The highest BCUT2D eigenvalue weighted by molar-refractivity contribution is 5.97. The fourth-order valence-corrected chi connectivity index (χ4v) is 3.36. The summed E-state index contributed by atoms with van der Waals surface area (Å²) in [5.41, 5.74) is 0.519. The van der Waals surface area contributed by atoms with E-state index in [4.69, 9.17) is 4.74 Å². The summed E-state index contributed by atoms with van der Waals surface area (Å²) >= 11 is 0. The van der Waals surface area contributed by atoms with Crippen LogP contribution >= 0.6 is 0 Å². The topological polar surface area (TPSA) is 67.4 Å². The lowest BCUT2D eigenvalue weighted by atomic mass is 9.87. The molecule has 0 bridgehead atoms. The Bertz CT molecular complexity index is 583. The minimum absolute atomic E-state index is 0.0169. The van der Waals surface area contributed by atoms with Crippen molar-refractivity contribution in [1.82, 2.24) is 10.6 Å². The fourth-order valence-electron chi connectivity index (χ4n) is 3.36. The Hall–Kier alpha value is -2.04. The Balaban J connectivity index is 1.98. The van der Waals surface area contributed by atoms with Crippen LogP contribution in [0.3, 0.4) is 0 Å². The predicted octanol–water partition coefficient (Wildman–Crippen LogP) is 3.14. The minimum Gasteiger partial charge on any atom is -0.497 e. The van der Waals surface area contributed by atoms with Crippen molar-refractivity contribution in [1.29, 1.82) is 0 Å². The van der Waals surface area contributed by atoms with E-state index in [2.05, 4.69) is 17.6 Å². The highest BCUT2D eigenvalue weighted by Crippen LogP contribution is 2.23. The Morgan fingerprint density at radius 3 is 2.40 bits per heavy atom. The average molecular weight is 346 g/mol. The number of hydrogen-bond donors (Lipinski definition) is 2. The van der Waals surface area contributed by atoms with Gasteiger partial charge in [0, 0.05) is 11.6 Å². The van der Waals surface area contributed by atoms with Crippen LogP contribution in [0.1, 0.15) is 56.8 Å². The van der Waals surface area contributed by atoms with Crippen molar-refractivity contribution in [3.05, 3.63) is 29.8 Å². The van der Waals surface area contributed by atoms with Gasteiger partial charge < -0.3 is 15.4 Å². The number of methoxy groups -OCH3 is 1. The highest BCUT2D eigenvalue weighted by atomic mass is 16.5. The van der Waals surface area contributed by atoms with Gasteiger partial charge in [-0.3, -0.25) is 9.59 Å². The van der Waals surface area contributed by atoms with Gasteiger partial charge >= 0.3 is 0 Å². The molecule has 1 fully saturated rings. The lowest BCUT2D eigenvalue weighted by molar-refractivity contribution is -0.125. The van der Waals surface area contributed by atoms with Crippen LogP contribution < -0.4 is 15.4 Å². The Labute approximate surface area is 150 Å². The molecule has 1 aliphatic carbocycles. The molecule has 1 aromatic carbocycles. The van der Waals surface area contributed by atoms with Crippen molar-refractivity contribution < 1.29 is 14.3 Å². The summed E-state index contributed by atoms with van der Waals surface area (Å²) < 4.78 is 5.10.